The predicted molar refractivity (Wildman–Crippen MR) is 248 cm³/mol. The highest BCUT2D eigenvalue weighted by atomic mass is 16.5. The van der Waals surface area contributed by atoms with E-state index in [9.17, 15) is 0 Å². The molecule has 0 unspecified atom stereocenters. The largest absolute Gasteiger partial charge is 0.493 e. The summed E-state index contributed by atoms with van der Waals surface area (Å²) in [6, 6.07) is 23.7. The molecule has 2 heterocycles. The Hall–Kier alpha value is -5.50. The van der Waals surface area contributed by atoms with Crippen LogP contribution in [0, 0.1) is 0 Å². The SMILES string of the molecule is CCCOc1c2cccc1Cc1cc(C[n+]3ccn(C(C)C)c3)cc(c1OCCC)Cc1cccc(c1OCCC)Cc1cc(C[n+]3ccn(C(C)C)c3)cc(c1OCCC)C2. The number of para-hydroxylation sites is 2. The molecule has 2 aromatic heterocycles. The van der Waals surface area contributed by atoms with Gasteiger partial charge in [-0.3, -0.25) is 0 Å². The van der Waals surface area contributed by atoms with E-state index in [2.05, 4.69) is 172 Å². The zero-order chi connectivity index (χ0) is 43.6. The quantitative estimate of drug-likeness (QED) is 0.0808. The molecule has 0 atom stereocenters. The molecule has 0 radical (unpaired) electrons. The van der Waals surface area contributed by atoms with Gasteiger partial charge in [-0.2, -0.15) is 0 Å². The van der Waals surface area contributed by atoms with Crippen LogP contribution in [0.15, 0.2) is 98.1 Å². The van der Waals surface area contributed by atoms with Crippen LogP contribution in [0.25, 0.3) is 0 Å². The first-order valence-corrected chi connectivity index (χ1v) is 23.3. The van der Waals surface area contributed by atoms with Crippen molar-refractivity contribution in [2.75, 3.05) is 26.4 Å². The fourth-order valence-corrected chi connectivity index (χ4v) is 8.61. The zero-order valence-corrected chi connectivity index (χ0v) is 38.7. The minimum Gasteiger partial charge on any atom is -0.493 e. The Kier molecular flexibility index (Phi) is 15.1. The maximum Gasteiger partial charge on any atom is 0.244 e. The van der Waals surface area contributed by atoms with Crippen LogP contribution in [0.1, 0.15) is 149 Å². The summed E-state index contributed by atoms with van der Waals surface area (Å²) in [5, 5.41) is 0. The fourth-order valence-electron chi connectivity index (χ4n) is 8.61. The Morgan fingerprint density at radius 2 is 0.742 bits per heavy atom. The summed E-state index contributed by atoms with van der Waals surface area (Å²) in [6.07, 6.45) is 19.5. The summed E-state index contributed by atoms with van der Waals surface area (Å²) in [5.41, 5.74) is 11.8. The van der Waals surface area contributed by atoms with Gasteiger partial charge in [-0.15, -0.1) is 0 Å². The van der Waals surface area contributed by atoms with Crippen molar-refractivity contribution in [3.05, 3.63) is 154 Å². The third kappa shape index (κ3) is 10.7. The van der Waals surface area contributed by atoms with Crippen LogP contribution < -0.4 is 28.1 Å². The van der Waals surface area contributed by atoms with Gasteiger partial charge in [0.15, 0.2) is 0 Å². The van der Waals surface area contributed by atoms with E-state index in [1.807, 2.05) is 0 Å². The van der Waals surface area contributed by atoms with Crippen molar-refractivity contribution in [3.63, 3.8) is 0 Å². The Balaban J connectivity index is 1.46. The molecule has 4 aromatic carbocycles. The number of aromatic nitrogens is 4. The average molecular weight is 839 g/mol. The molecule has 0 spiro atoms. The van der Waals surface area contributed by atoms with E-state index in [4.69, 9.17) is 18.9 Å². The second-order valence-corrected chi connectivity index (χ2v) is 17.7. The van der Waals surface area contributed by atoms with E-state index < -0.39 is 0 Å². The van der Waals surface area contributed by atoms with Gasteiger partial charge in [-0.25, -0.2) is 18.3 Å². The minimum atomic E-state index is 0.389. The van der Waals surface area contributed by atoms with Crippen molar-refractivity contribution < 1.29 is 28.1 Å². The average Bonchev–Trinajstić information content (AvgIpc) is 3.93. The molecule has 0 amide bonds. The summed E-state index contributed by atoms with van der Waals surface area (Å²) in [6.45, 7) is 21.7. The molecule has 8 heteroatoms. The van der Waals surface area contributed by atoms with E-state index in [-0.39, 0.29) is 0 Å². The van der Waals surface area contributed by atoms with Crippen LogP contribution in [-0.2, 0) is 38.8 Å². The normalized spacial score (nSPS) is 12.5. The lowest BCUT2D eigenvalue weighted by atomic mass is 9.89. The van der Waals surface area contributed by atoms with Gasteiger partial charge in [-0.1, -0.05) is 64.1 Å². The van der Waals surface area contributed by atoms with Gasteiger partial charge >= 0.3 is 0 Å². The molecule has 62 heavy (non-hydrogen) atoms. The van der Waals surface area contributed by atoms with Crippen LogP contribution in [0.3, 0.4) is 0 Å². The molecule has 0 saturated carbocycles. The predicted octanol–water partition coefficient (Wildman–Crippen LogP) is 11.0. The summed E-state index contributed by atoms with van der Waals surface area (Å²) in [7, 11) is 0. The number of nitrogens with zero attached hydrogens (tertiary/aromatic N) is 4. The van der Waals surface area contributed by atoms with E-state index in [0.29, 0.717) is 64.2 Å². The molecule has 328 valence electrons. The molecule has 0 saturated heterocycles. The zero-order valence-electron chi connectivity index (χ0n) is 38.7. The molecule has 6 aromatic rings. The molecule has 8 nitrogen and oxygen atoms in total. The Bertz CT molecular complexity index is 2150. The van der Waals surface area contributed by atoms with Gasteiger partial charge in [0.25, 0.3) is 0 Å². The third-order valence-electron chi connectivity index (χ3n) is 11.6. The molecule has 0 N–H and O–H groups in total. The van der Waals surface area contributed by atoms with Gasteiger partial charge in [0.2, 0.25) is 12.7 Å². The van der Waals surface area contributed by atoms with E-state index in [0.717, 1.165) is 84.0 Å². The van der Waals surface area contributed by atoms with Crippen molar-refractivity contribution >= 4 is 0 Å². The number of hydrogen-bond acceptors (Lipinski definition) is 4. The highest BCUT2D eigenvalue weighted by molar-refractivity contribution is 5.57. The Labute approximate surface area is 371 Å². The highest BCUT2D eigenvalue weighted by Crippen LogP contribution is 2.40. The van der Waals surface area contributed by atoms with Crippen molar-refractivity contribution in [1.29, 1.82) is 0 Å². The molecule has 7 rings (SSSR count). The van der Waals surface area contributed by atoms with E-state index in [1.54, 1.807) is 0 Å². The summed E-state index contributed by atoms with van der Waals surface area (Å²) in [4.78, 5) is 0. The lowest BCUT2D eigenvalue weighted by Gasteiger charge is -2.23. The van der Waals surface area contributed by atoms with E-state index in [1.165, 1.54) is 33.4 Å². The minimum absolute atomic E-state index is 0.389. The second kappa shape index (κ2) is 21.0. The third-order valence-corrected chi connectivity index (χ3v) is 11.6. The lowest BCUT2D eigenvalue weighted by molar-refractivity contribution is -0.688. The molecular formula is C54H70N4O4+2. The van der Waals surface area contributed by atoms with Crippen LogP contribution in [-0.4, -0.2) is 35.6 Å². The van der Waals surface area contributed by atoms with Crippen molar-refractivity contribution in [2.24, 2.45) is 0 Å². The van der Waals surface area contributed by atoms with Gasteiger partial charge in [-0.05, 0) is 133 Å². The molecule has 1 aliphatic carbocycles. The van der Waals surface area contributed by atoms with Crippen molar-refractivity contribution in [3.8, 4) is 23.0 Å². The van der Waals surface area contributed by atoms with Gasteiger partial charge < -0.3 is 18.9 Å². The van der Waals surface area contributed by atoms with Crippen molar-refractivity contribution in [1.82, 2.24) is 9.13 Å². The number of ether oxygens (including phenoxy) is 4. The van der Waals surface area contributed by atoms with Crippen molar-refractivity contribution in [2.45, 2.75) is 132 Å². The summed E-state index contributed by atoms with van der Waals surface area (Å²) in [5.74, 6) is 3.88. The smallest absolute Gasteiger partial charge is 0.244 e. The van der Waals surface area contributed by atoms with Gasteiger partial charge in [0.1, 0.15) is 60.9 Å². The number of hydrogen-bond donors (Lipinski definition) is 0. The molecular weight excluding hydrogens is 769 g/mol. The van der Waals surface area contributed by atoms with Gasteiger partial charge in [0.05, 0.1) is 38.5 Å². The molecule has 0 aliphatic heterocycles. The first-order chi connectivity index (χ1) is 30.2. The lowest BCUT2D eigenvalue weighted by Crippen LogP contribution is -2.32. The standard InChI is InChI=1S/C54H70N4O4/c1-9-23-59-51-43-15-13-16-44(51)32-48-28-42(36-56-20-22-58(38-56)40(7)8)30-50(54(48)62-26-12-4)34-46-18-14-17-45(52(46)60-24-10-2)33-49-29-41(27-47(31-43)53(49)61-25-11-3)35-55-19-21-57(37-55)39(5)6/h13-22,27-30,37-40H,9-12,23-26,31-36H2,1-8H3/q+2. The summed E-state index contributed by atoms with van der Waals surface area (Å²) < 4.78 is 36.4. The molecule has 0 fully saturated rings. The Morgan fingerprint density at radius 3 is 1.00 bits per heavy atom. The highest BCUT2D eigenvalue weighted by Gasteiger charge is 2.24. The number of benzene rings is 4. The fraction of sp³-hybridized carbons (Fsp3) is 0.444. The summed E-state index contributed by atoms with van der Waals surface area (Å²) >= 11 is 0. The number of fused-ring (bicyclic) bond motifs is 8. The van der Waals surface area contributed by atoms with Crippen LogP contribution in [0.5, 0.6) is 23.0 Å². The second-order valence-electron chi connectivity index (χ2n) is 17.7. The number of rotatable bonds is 18. The first-order valence-electron chi connectivity index (χ1n) is 23.3. The van der Waals surface area contributed by atoms with Crippen LogP contribution in [0.2, 0.25) is 0 Å². The monoisotopic (exact) mass is 839 g/mol. The maximum atomic E-state index is 6.84. The van der Waals surface area contributed by atoms with E-state index >= 15 is 0 Å². The topological polar surface area (TPSA) is 54.5 Å². The van der Waals surface area contributed by atoms with Crippen LogP contribution >= 0.6 is 0 Å². The number of imidazole rings is 2. The molecule has 8 bridgehead atoms. The van der Waals surface area contributed by atoms with Crippen LogP contribution in [0.4, 0.5) is 0 Å². The first kappa shape index (κ1) is 44.6. The maximum absolute atomic E-state index is 6.84. The van der Waals surface area contributed by atoms with Gasteiger partial charge in [0, 0.05) is 25.7 Å². The Morgan fingerprint density at radius 1 is 0.452 bits per heavy atom. The molecule has 1 aliphatic rings.